The Morgan fingerprint density at radius 1 is 1.09 bits per heavy atom. The monoisotopic (exact) mass is 448 g/mol. The summed E-state index contributed by atoms with van der Waals surface area (Å²) in [7, 11) is 0. The molecule has 0 bridgehead atoms. The molecule has 3 heterocycles. The summed E-state index contributed by atoms with van der Waals surface area (Å²) in [6.45, 7) is 6.25. The van der Waals surface area contributed by atoms with Crippen molar-refractivity contribution >= 4 is 39.1 Å². The molecule has 1 aromatic carbocycles. The summed E-state index contributed by atoms with van der Waals surface area (Å²) in [6.07, 6.45) is 4.37. The van der Waals surface area contributed by atoms with Crippen molar-refractivity contribution in [1.82, 2.24) is 5.32 Å². The van der Waals surface area contributed by atoms with E-state index in [0.29, 0.717) is 28.5 Å². The van der Waals surface area contributed by atoms with Crippen LogP contribution in [0.3, 0.4) is 0 Å². The van der Waals surface area contributed by atoms with Crippen molar-refractivity contribution in [2.45, 2.75) is 46.6 Å². The van der Waals surface area contributed by atoms with E-state index < -0.39 is 0 Å². The molecule has 1 aliphatic carbocycles. The summed E-state index contributed by atoms with van der Waals surface area (Å²) >= 11 is 1.48. The zero-order valence-electron chi connectivity index (χ0n) is 18.3. The molecule has 0 saturated carbocycles. The molecule has 7 heteroatoms. The first-order valence-corrected chi connectivity index (χ1v) is 11.5. The summed E-state index contributed by atoms with van der Waals surface area (Å²) < 4.78 is 11.2. The Labute approximate surface area is 189 Å². The lowest BCUT2D eigenvalue weighted by molar-refractivity contribution is 0.0948. The number of anilines is 1. The molecule has 0 aliphatic heterocycles. The van der Waals surface area contributed by atoms with Crippen molar-refractivity contribution in [1.29, 1.82) is 0 Å². The van der Waals surface area contributed by atoms with Gasteiger partial charge < -0.3 is 19.5 Å². The Hall–Kier alpha value is -3.32. The molecule has 2 N–H and O–H groups in total. The van der Waals surface area contributed by atoms with Crippen molar-refractivity contribution < 1.29 is 18.4 Å². The van der Waals surface area contributed by atoms with Gasteiger partial charge in [-0.1, -0.05) is 0 Å². The molecule has 2 amide bonds. The molecule has 3 aromatic heterocycles. The number of amides is 2. The number of aryl methyl sites for hydroxylation is 4. The van der Waals surface area contributed by atoms with Crippen molar-refractivity contribution in [3.8, 4) is 0 Å². The minimum absolute atomic E-state index is 0.205. The highest BCUT2D eigenvalue weighted by molar-refractivity contribution is 7.17. The lowest BCUT2D eigenvalue weighted by atomic mass is 10.0. The predicted octanol–water partition coefficient (Wildman–Crippen LogP) is 5.68. The summed E-state index contributed by atoms with van der Waals surface area (Å²) in [5, 5.41) is 7.38. The average Bonchev–Trinajstić information content (AvgIpc) is 3.53. The largest absolute Gasteiger partial charge is 0.467 e. The average molecular weight is 449 g/mol. The second-order valence-electron chi connectivity index (χ2n) is 8.27. The van der Waals surface area contributed by atoms with E-state index in [9.17, 15) is 9.59 Å². The summed E-state index contributed by atoms with van der Waals surface area (Å²) in [6, 6.07) is 7.61. The van der Waals surface area contributed by atoms with Gasteiger partial charge >= 0.3 is 0 Å². The van der Waals surface area contributed by atoms with Gasteiger partial charge in [-0.2, -0.15) is 0 Å². The number of rotatable bonds is 5. The Kier molecular flexibility index (Phi) is 5.13. The third-order valence-electron chi connectivity index (χ3n) is 6.14. The van der Waals surface area contributed by atoms with E-state index in [0.717, 1.165) is 51.8 Å². The van der Waals surface area contributed by atoms with Crippen LogP contribution >= 0.6 is 11.3 Å². The van der Waals surface area contributed by atoms with Gasteiger partial charge in [0.15, 0.2) is 5.76 Å². The molecule has 5 rings (SSSR count). The van der Waals surface area contributed by atoms with Gasteiger partial charge in [0.05, 0.1) is 18.4 Å². The number of benzene rings is 1. The van der Waals surface area contributed by atoms with Crippen LogP contribution in [0.4, 0.5) is 5.00 Å². The fourth-order valence-electron chi connectivity index (χ4n) is 4.25. The number of carbonyl (C=O) groups excluding carboxylic acids is 2. The molecule has 0 atom stereocenters. The first-order chi connectivity index (χ1) is 15.4. The molecule has 6 nitrogen and oxygen atoms in total. The summed E-state index contributed by atoms with van der Waals surface area (Å²) in [5.41, 5.74) is 5.36. The second kappa shape index (κ2) is 7.98. The molecule has 32 heavy (non-hydrogen) atoms. The molecular weight excluding hydrogens is 424 g/mol. The molecule has 1 aliphatic rings. The molecule has 164 valence electrons. The normalized spacial score (nSPS) is 12.8. The Balaban J connectivity index is 1.44. The Bertz CT molecular complexity index is 1340. The zero-order valence-corrected chi connectivity index (χ0v) is 19.1. The van der Waals surface area contributed by atoms with E-state index in [-0.39, 0.29) is 17.6 Å². The van der Waals surface area contributed by atoms with E-state index >= 15 is 0 Å². The predicted molar refractivity (Wildman–Crippen MR) is 125 cm³/mol. The van der Waals surface area contributed by atoms with Crippen molar-refractivity contribution in [2.24, 2.45) is 0 Å². The van der Waals surface area contributed by atoms with Crippen LogP contribution in [0, 0.1) is 20.8 Å². The van der Waals surface area contributed by atoms with E-state index in [2.05, 4.69) is 10.6 Å². The molecule has 0 fully saturated rings. The number of hydrogen-bond acceptors (Lipinski definition) is 5. The number of hydrogen-bond donors (Lipinski definition) is 2. The number of nitrogens with one attached hydrogen (secondary N) is 2. The molecular formula is C25H24N2O4S. The van der Waals surface area contributed by atoms with E-state index in [1.807, 2.05) is 39.0 Å². The highest BCUT2D eigenvalue weighted by Gasteiger charge is 2.29. The maximum atomic E-state index is 13.2. The molecule has 0 unspecified atom stereocenters. The van der Waals surface area contributed by atoms with Gasteiger partial charge in [0.1, 0.15) is 16.3 Å². The SMILES string of the molecule is Cc1cc2oc(C(=O)Nc3sc4c(c3C(=O)NCc3ccco3)CCC4)c(C)c2cc1C. The number of furan rings is 2. The molecule has 0 spiro atoms. The summed E-state index contributed by atoms with van der Waals surface area (Å²) in [5.74, 6) is 0.414. The number of fused-ring (bicyclic) bond motifs is 2. The quantitative estimate of drug-likeness (QED) is 0.411. The van der Waals surface area contributed by atoms with Gasteiger partial charge in [0.25, 0.3) is 11.8 Å². The molecule has 4 aromatic rings. The van der Waals surface area contributed by atoms with Crippen LogP contribution < -0.4 is 10.6 Å². The summed E-state index contributed by atoms with van der Waals surface area (Å²) in [4.78, 5) is 27.4. The van der Waals surface area contributed by atoms with Crippen LogP contribution in [-0.4, -0.2) is 11.8 Å². The zero-order chi connectivity index (χ0) is 22.4. The highest BCUT2D eigenvalue weighted by Crippen LogP contribution is 2.39. The lowest BCUT2D eigenvalue weighted by Crippen LogP contribution is -2.25. The van der Waals surface area contributed by atoms with Gasteiger partial charge in [0.2, 0.25) is 0 Å². The maximum absolute atomic E-state index is 13.2. The van der Waals surface area contributed by atoms with Gasteiger partial charge in [-0.05, 0) is 81.0 Å². The third-order valence-corrected chi connectivity index (χ3v) is 7.34. The van der Waals surface area contributed by atoms with Gasteiger partial charge in [-0.3, -0.25) is 9.59 Å². The third kappa shape index (κ3) is 3.52. The van der Waals surface area contributed by atoms with Gasteiger partial charge in [-0.15, -0.1) is 11.3 Å². The second-order valence-corrected chi connectivity index (χ2v) is 9.37. The highest BCUT2D eigenvalue weighted by atomic mass is 32.1. The van der Waals surface area contributed by atoms with Crippen LogP contribution in [0.1, 0.15) is 60.2 Å². The molecule has 0 radical (unpaired) electrons. The topological polar surface area (TPSA) is 84.5 Å². The fraction of sp³-hybridized carbons (Fsp3) is 0.280. The van der Waals surface area contributed by atoms with E-state index in [1.165, 1.54) is 11.3 Å². The van der Waals surface area contributed by atoms with Gasteiger partial charge in [0, 0.05) is 15.8 Å². The Morgan fingerprint density at radius 3 is 2.69 bits per heavy atom. The van der Waals surface area contributed by atoms with E-state index in [1.54, 1.807) is 12.3 Å². The smallest absolute Gasteiger partial charge is 0.292 e. The minimum Gasteiger partial charge on any atom is -0.467 e. The maximum Gasteiger partial charge on any atom is 0.292 e. The van der Waals surface area contributed by atoms with Crippen LogP contribution in [0.5, 0.6) is 0 Å². The Morgan fingerprint density at radius 2 is 1.91 bits per heavy atom. The number of carbonyl (C=O) groups is 2. The van der Waals surface area contributed by atoms with Crippen LogP contribution in [0.15, 0.2) is 39.4 Å². The van der Waals surface area contributed by atoms with Crippen LogP contribution in [0.25, 0.3) is 11.0 Å². The van der Waals surface area contributed by atoms with Gasteiger partial charge in [-0.25, -0.2) is 0 Å². The first kappa shape index (κ1) is 20.6. The van der Waals surface area contributed by atoms with Crippen molar-refractivity contribution in [2.75, 3.05) is 5.32 Å². The van der Waals surface area contributed by atoms with Crippen molar-refractivity contribution in [3.05, 3.63) is 74.7 Å². The van der Waals surface area contributed by atoms with Crippen LogP contribution in [0.2, 0.25) is 0 Å². The van der Waals surface area contributed by atoms with Crippen molar-refractivity contribution in [3.63, 3.8) is 0 Å². The standard InChI is InChI=1S/C25H24N2O4S/c1-13-10-18-15(3)22(31-19(18)11-14(13)2)24(29)27-25-21(17-7-4-8-20(17)32-25)23(28)26-12-16-6-5-9-30-16/h5-6,9-11H,4,7-8,12H2,1-3H3,(H,26,28)(H,27,29). The van der Waals surface area contributed by atoms with Crippen LogP contribution in [-0.2, 0) is 19.4 Å². The first-order valence-electron chi connectivity index (χ1n) is 10.7. The molecule has 0 saturated heterocycles. The minimum atomic E-state index is -0.339. The fourth-order valence-corrected chi connectivity index (χ4v) is 5.54. The number of thiophene rings is 1. The lowest BCUT2D eigenvalue weighted by Gasteiger charge is -2.08. The van der Waals surface area contributed by atoms with E-state index in [4.69, 9.17) is 8.83 Å².